The quantitative estimate of drug-likeness (QED) is 0.541. The predicted octanol–water partition coefficient (Wildman–Crippen LogP) is 5.89. The molecule has 0 N–H and O–H groups in total. The van der Waals surface area contributed by atoms with E-state index in [1.807, 2.05) is 40.5 Å². The van der Waals surface area contributed by atoms with Crippen molar-refractivity contribution in [2.75, 3.05) is 13.7 Å². The van der Waals surface area contributed by atoms with E-state index in [1.165, 1.54) is 60.5 Å². The molecular weight excluding hydrogens is 392 g/mol. The molecule has 2 atom stereocenters. The zero-order valence-electron chi connectivity index (χ0n) is 18.4. The summed E-state index contributed by atoms with van der Waals surface area (Å²) < 4.78 is 5.20. The molecule has 0 bridgehead atoms. The number of carbonyl (C=O) groups excluding carboxylic acids is 1. The zero-order valence-corrected chi connectivity index (χ0v) is 19.2. The smallest absolute Gasteiger partial charge is 0.254 e. The summed E-state index contributed by atoms with van der Waals surface area (Å²) in [7, 11) is 1.64. The Hall–Kier alpha value is -1.88. The first-order chi connectivity index (χ1) is 14.7. The average Bonchev–Trinajstić information content (AvgIpc) is 3.05. The summed E-state index contributed by atoms with van der Waals surface area (Å²) in [5, 5.41) is 1.29. The first-order valence-electron chi connectivity index (χ1n) is 11.6. The number of carbonyl (C=O) groups is 1. The van der Waals surface area contributed by atoms with Gasteiger partial charge >= 0.3 is 0 Å². The molecule has 30 heavy (non-hydrogen) atoms. The van der Waals surface area contributed by atoms with Gasteiger partial charge in [0.2, 0.25) is 0 Å². The Morgan fingerprint density at radius 3 is 2.70 bits per heavy atom. The molecule has 0 spiro atoms. The molecule has 4 nitrogen and oxygen atoms in total. The van der Waals surface area contributed by atoms with Crippen molar-refractivity contribution in [1.29, 1.82) is 0 Å². The summed E-state index contributed by atoms with van der Waals surface area (Å²) in [6.07, 6.45) is 11.6. The molecule has 1 aliphatic carbocycles. The van der Waals surface area contributed by atoms with Gasteiger partial charge in [-0.2, -0.15) is 0 Å². The number of thiazole rings is 1. The van der Waals surface area contributed by atoms with Crippen molar-refractivity contribution in [2.24, 2.45) is 11.8 Å². The van der Waals surface area contributed by atoms with Crippen LogP contribution in [0.5, 0.6) is 5.75 Å². The van der Waals surface area contributed by atoms with Gasteiger partial charge in [-0.05, 0) is 42.5 Å². The van der Waals surface area contributed by atoms with Gasteiger partial charge in [0.1, 0.15) is 5.75 Å². The molecule has 1 fully saturated rings. The van der Waals surface area contributed by atoms with Gasteiger partial charge in [0.25, 0.3) is 5.91 Å². The van der Waals surface area contributed by atoms with E-state index < -0.39 is 0 Å². The molecule has 2 aromatic rings. The van der Waals surface area contributed by atoms with E-state index in [-0.39, 0.29) is 5.91 Å². The number of nitrogens with zero attached hydrogens (tertiary/aromatic N) is 2. The molecule has 1 aliphatic heterocycles. The van der Waals surface area contributed by atoms with Crippen molar-refractivity contribution < 1.29 is 9.53 Å². The van der Waals surface area contributed by atoms with Gasteiger partial charge in [0, 0.05) is 29.8 Å². The third kappa shape index (κ3) is 5.05. The Bertz CT molecular complexity index is 845. The first-order valence-corrected chi connectivity index (χ1v) is 12.4. The summed E-state index contributed by atoms with van der Waals surface area (Å²) in [5.41, 5.74) is 1.95. The summed E-state index contributed by atoms with van der Waals surface area (Å²) in [5.74, 6) is 2.61. The SMILES string of the molecule is CCCC1CCCC(Cc2nc3c(s2)CN(C(=O)c2ccc(OC)cc2)CC3)CC1. The molecule has 162 valence electrons. The molecule has 2 heterocycles. The molecule has 4 rings (SSSR count). The summed E-state index contributed by atoms with van der Waals surface area (Å²) in [4.78, 5) is 21.2. The van der Waals surface area contributed by atoms with Crippen molar-refractivity contribution in [3.05, 3.63) is 45.4 Å². The van der Waals surface area contributed by atoms with E-state index in [1.54, 1.807) is 7.11 Å². The largest absolute Gasteiger partial charge is 0.497 e. The molecule has 5 heteroatoms. The van der Waals surface area contributed by atoms with Crippen LogP contribution in [0.25, 0.3) is 0 Å². The third-order valence-electron chi connectivity index (χ3n) is 6.77. The number of hydrogen-bond donors (Lipinski definition) is 0. The number of ether oxygens (including phenoxy) is 1. The molecule has 2 unspecified atom stereocenters. The van der Waals surface area contributed by atoms with E-state index in [0.717, 1.165) is 42.5 Å². The van der Waals surface area contributed by atoms with Crippen LogP contribution in [0.15, 0.2) is 24.3 Å². The number of methoxy groups -OCH3 is 1. The lowest BCUT2D eigenvalue weighted by molar-refractivity contribution is 0.0736. The molecule has 0 radical (unpaired) electrons. The van der Waals surface area contributed by atoms with Crippen LogP contribution in [-0.2, 0) is 19.4 Å². The lowest BCUT2D eigenvalue weighted by Gasteiger charge is -2.26. The van der Waals surface area contributed by atoms with Gasteiger partial charge < -0.3 is 9.64 Å². The zero-order chi connectivity index (χ0) is 20.9. The highest BCUT2D eigenvalue weighted by molar-refractivity contribution is 7.11. The van der Waals surface area contributed by atoms with E-state index in [0.29, 0.717) is 6.54 Å². The molecule has 1 amide bonds. The van der Waals surface area contributed by atoms with Gasteiger partial charge in [0.15, 0.2) is 0 Å². The highest BCUT2D eigenvalue weighted by Gasteiger charge is 2.26. The Balaban J connectivity index is 1.36. The van der Waals surface area contributed by atoms with E-state index in [2.05, 4.69) is 6.92 Å². The number of benzene rings is 1. The van der Waals surface area contributed by atoms with E-state index in [4.69, 9.17) is 9.72 Å². The van der Waals surface area contributed by atoms with Crippen LogP contribution in [0.2, 0.25) is 0 Å². The second kappa shape index (κ2) is 9.95. The highest BCUT2D eigenvalue weighted by atomic mass is 32.1. The van der Waals surface area contributed by atoms with Crippen LogP contribution in [0.3, 0.4) is 0 Å². The fourth-order valence-corrected chi connectivity index (χ4v) is 6.27. The van der Waals surface area contributed by atoms with Crippen LogP contribution in [0.4, 0.5) is 0 Å². The molecule has 0 saturated heterocycles. The van der Waals surface area contributed by atoms with Gasteiger partial charge in [0.05, 0.1) is 24.4 Å². The van der Waals surface area contributed by atoms with Crippen LogP contribution < -0.4 is 4.74 Å². The van der Waals surface area contributed by atoms with Gasteiger partial charge in [-0.25, -0.2) is 4.98 Å². The monoisotopic (exact) mass is 426 g/mol. The van der Waals surface area contributed by atoms with Crippen LogP contribution in [-0.4, -0.2) is 29.4 Å². The second-order valence-corrected chi connectivity index (χ2v) is 10.1. The van der Waals surface area contributed by atoms with Crippen molar-refractivity contribution in [3.8, 4) is 5.75 Å². The summed E-state index contributed by atoms with van der Waals surface area (Å²) in [6.45, 7) is 3.76. The van der Waals surface area contributed by atoms with Crippen molar-refractivity contribution in [3.63, 3.8) is 0 Å². The van der Waals surface area contributed by atoms with E-state index >= 15 is 0 Å². The summed E-state index contributed by atoms with van der Waals surface area (Å²) >= 11 is 1.84. The topological polar surface area (TPSA) is 42.4 Å². The summed E-state index contributed by atoms with van der Waals surface area (Å²) in [6, 6.07) is 7.41. The lowest BCUT2D eigenvalue weighted by atomic mass is 9.93. The van der Waals surface area contributed by atoms with Crippen LogP contribution in [0, 0.1) is 11.8 Å². The molecule has 1 aromatic carbocycles. The third-order valence-corrected chi connectivity index (χ3v) is 7.87. The number of hydrogen-bond acceptors (Lipinski definition) is 4. The minimum atomic E-state index is 0.101. The predicted molar refractivity (Wildman–Crippen MR) is 122 cm³/mol. The first kappa shape index (κ1) is 21.4. The molecule has 1 saturated carbocycles. The fraction of sp³-hybridized carbons (Fsp3) is 0.600. The molecule has 2 aliphatic rings. The van der Waals surface area contributed by atoms with Crippen molar-refractivity contribution in [1.82, 2.24) is 9.88 Å². The standard InChI is InChI=1S/C25H34N2O2S/c1-3-5-18-6-4-7-19(9-8-18)16-24-26-22-14-15-27(17-23(22)30-24)25(28)20-10-12-21(29-2)13-11-20/h10-13,18-19H,3-9,14-17H2,1-2H3. The Kier molecular flexibility index (Phi) is 7.08. The highest BCUT2D eigenvalue weighted by Crippen LogP contribution is 2.34. The Labute approximate surface area is 184 Å². The maximum Gasteiger partial charge on any atom is 0.254 e. The lowest BCUT2D eigenvalue weighted by Crippen LogP contribution is -2.35. The number of aromatic nitrogens is 1. The molecule has 1 aromatic heterocycles. The number of rotatable bonds is 6. The Morgan fingerprint density at radius 1 is 1.17 bits per heavy atom. The van der Waals surface area contributed by atoms with Gasteiger partial charge in [-0.1, -0.05) is 45.4 Å². The maximum atomic E-state index is 12.9. The minimum Gasteiger partial charge on any atom is -0.497 e. The van der Waals surface area contributed by atoms with Crippen LogP contribution in [0.1, 0.15) is 77.8 Å². The number of amides is 1. The normalized spacial score (nSPS) is 21.7. The van der Waals surface area contributed by atoms with Gasteiger partial charge in [-0.3, -0.25) is 4.79 Å². The van der Waals surface area contributed by atoms with Crippen molar-refractivity contribution >= 4 is 17.2 Å². The van der Waals surface area contributed by atoms with E-state index in [9.17, 15) is 4.79 Å². The second-order valence-electron chi connectivity index (χ2n) is 8.92. The maximum absolute atomic E-state index is 12.9. The molecular formula is C25H34N2O2S. The Morgan fingerprint density at radius 2 is 1.93 bits per heavy atom. The van der Waals surface area contributed by atoms with Gasteiger partial charge in [-0.15, -0.1) is 11.3 Å². The van der Waals surface area contributed by atoms with Crippen molar-refractivity contribution in [2.45, 2.75) is 71.3 Å². The van der Waals surface area contributed by atoms with Crippen LogP contribution >= 0.6 is 11.3 Å². The average molecular weight is 427 g/mol. The fourth-order valence-electron chi connectivity index (χ4n) is 5.03. The minimum absolute atomic E-state index is 0.101. The number of fused-ring (bicyclic) bond motifs is 1.